The van der Waals surface area contributed by atoms with Gasteiger partial charge in [-0.05, 0) is 57.1 Å². The smallest absolute Gasteiger partial charge is 0.241 e. The summed E-state index contributed by atoms with van der Waals surface area (Å²) in [4.78, 5) is 14.2. The fourth-order valence-corrected chi connectivity index (χ4v) is 3.97. The van der Waals surface area contributed by atoms with Crippen LogP contribution in [0.5, 0.6) is 0 Å². The molecule has 23 heavy (non-hydrogen) atoms. The lowest BCUT2D eigenvalue weighted by Gasteiger charge is -2.33. The summed E-state index contributed by atoms with van der Waals surface area (Å²) in [6, 6.07) is 5.16. The maximum Gasteiger partial charge on any atom is 0.241 e. The van der Waals surface area contributed by atoms with Gasteiger partial charge in [-0.15, -0.1) is 0 Å². The fraction of sp³-hybridized carbons (Fsp3) is 0.533. The molecule has 1 unspecified atom stereocenters. The highest BCUT2D eigenvalue weighted by molar-refractivity contribution is 7.89. The summed E-state index contributed by atoms with van der Waals surface area (Å²) < 4.78 is 27.1. The molecule has 6 nitrogen and oxygen atoms in total. The van der Waals surface area contributed by atoms with Crippen LogP contribution in [0.3, 0.4) is 0 Å². The van der Waals surface area contributed by atoms with Gasteiger partial charge in [0.15, 0.2) is 0 Å². The van der Waals surface area contributed by atoms with Crippen LogP contribution in [-0.4, -0.2) is 51.4 Å². The van der Waals surface area contributed by atoms with Crippen LogP contribution in [0.15, 0.2) is 29.2 Å². The maximum atomic E-state index is 12.5. The normalized spacial score (nSPS) is 17.7. The number of nitrogens with one attached hydrogen (secondary N) is 2. The van der Waals surface area contributed by atoms with Crippen LogP contribution >= 0.6 is 11.6 Å². The molecule has 0 spiro atoms. The fourth-order valence-electron chi connectivity index (χ4n) is 2.64. The number of benzene rings is 1. The van der Waals surface area contributed by atoms with Crippen molar-refractivity contribution in [1.29, 1.82) is 0 Å². The van der Waals surface area contributed by atoms with E-state index in [-0.39, 0.29) is 16.8 Å². The molecule has 1 aliphatic heterocycles. The highest BCUT2D eigenvalue weighted by atomic mass is 35.5. The lowest BCUT2D eigenvalue weighted by Crippen LogP contribution is -2.51. The molecule has 1 aliphatic rings. The lowest BCUT2D eigenvalue weighted by molar-refractivity contribution is -0.133. The summed E-state index contributed by atoms with van der Waals surface area (Å²) in [5.41, 5.74) is 0. The Bertz CT molecular complexity index is 642. The summed E-state index contributed by atoms with van der Waals surface area (Å²) in [5.74, 6) is -0.227. The molecule has 2 N–H and O–H groups in total. The average molecular weight is 360 g/mol. The van der Waals surface area contributed by atoms with Crippen LogP contribution < -0.4 is 10.0 Å². The van der Waals surface area contributed by atoms with E-state index < -0.39 is 16.1 Å². The van der Waals surface area contributed by atoms with Gasteiger partial charge < -0.3 is 10.2 Å². The standard InChI is InChI=1S/C15H22ClN3O3S/c1-11(15(20)19(2)13-7-9-17-10-8-13)18-23(21,22)14-5-3-12(16)4-6-14/h3-6,11,13,17-18H,7-10H2,1-2H3. The van der Waals surface area contributed by atoms with Crippen molar-refractivity contribution in [2.24, 2.45) is 0 Å². The molecule has 1 atom stereocenters. The summed E-state index contributed by atoms with van der Waals surface area (Å²) in [7, 11) is -2.03. The van der Waals surface area contributed by atoms with Crippen molar-refractivity contribution in [3.8, 4) is 0 Å². The maximum absolute atomic E-state index is 12.5. The van der Waals surface area contributed by atoms with E-state index in [9.17, 15) is 13.2 Å². The topological polar surface area (TPSA) is 78.5 Å². The molecule has 1 fully saturated rings. The van der Waals surface area contributed by atoms with E-state index in [2.05, 4.69) is 10.0 Å². The van der Waals surface area contributed by atoms with Gasteiger partial charge in [0, 0.05) is 18.1 Å². The largest absolute Gasteiger partial charge is 0.341 e. The lowest BCUT2D eigenvalue weighted by atomic mass is 10.0. The van der Waals surface area contributed by atoms with Crippen molar-refractivity contribution in [1.82, 2.24) is 14.9 Å². The monoisotopic (exact) mass is 359 g/mol. The first-order chi connectivity index (χ1) is 10.8. The van der Waals surface area contributed by atoms with Crippen molar-refractivity contribution in [2.45, 2.75) is 36.7 Å². The van der Waals surface area contributed by atoms with Crippen molar-refractivity contribution in [3.05, 3.63) is 29.3 Å². The second kappa shape index (κ2) is 7.61. The van der Waals surface area contributed by atoms with Crippen LogP contribution in [0.1, 0.15) is 19.8 Å². The van der Waals surface area contributed by atoms with Gasteiger partial charge in [-0.1, -0.05) is 11.6 Å². The second-order valence-electron chi connectivity index (χ2n) is 5.73. The third kappa shape index (κ3) is 4.67. The van der Waals surface area contributed by atoms with Crippen LogP contribution in [0.4, 0.5) is 0 Å². The minimum absolute atomic E-state index is 0.0890. The van der Waals surface area contributed by atoms with E-state index in [0.29, 0.717) is 5.02 Å². The number of sulfonamides is 1. The molecule has 128 valence electrons. The van der Waals surface area contributed by atoms with Crippen LogP contribution in [-0.2, 0) is 14.8 Å². The number of nitrogens with zero attached hydrogens (tertiary/aromatic N) is 1. The molecule has 0 aliphatic carbocycles. The second-order valence-corrected chi connectivity index (χ2v) is 7.88. The Morgan fingerprint density at radius 2 is 1.87 bits per heavy atom. The number of amides is 1. The highest BCUT2D eigenvalue weighted by Crippen LogP contribution is 2.15. The minimum Gasteiger partial charge on any atom is -0.341 e. The summed E-state index contributed by atoms with van der Waals surface area (Å²) in [6.45, 7) is 3.30. The Labute approximate surface area is 142 Å². The molecule has 0 aromatic heterocycles. The van der Waals surface area contributed by atoms with E-state index in [0.717, 1.165) is 25.9 Å². The zero-order valence-corrected chi connectivity index (χ0v) is 14.8. The number of carbonyl (C=O) groups is 1. The summed E-state index contributed by atoms with van der Waals surface area (Å²) in [6.07, 6.45) is 1.75. The van der Waals surface area contributed by atoms with Gasteiger partial charge in [-0.2, -0.15) is 4.72 Å². The molecule has 1 heterocycles. The van der Waals surface area contributed by atoms with Crippen molar-refractivity contribution >= 4 is 27.5 Å². The number of rotatable bonds is 5. The quantitative estimate of drug-likeness (QED) is 0.828. The third-order valence-corrected chi connectivity index (χ3v) is 5.84. The van der Waals surface area contributed by atoms with Crippen LogP contribution in [0.2, 0.25) is 5.02 Å². The molecule has 0 bridgehead atoms. The molecular weight excluding hydrogens is 338 g/mol. The number of halogens is 1. The number of hydrogen-bond acceptors (Lipinski definition) is 4. The van der Waals surface area contributed by atoms with E-state index in [1.807, 2.05) is 0 Å². The van der Waals surface area contributed by atoms with Gasteiger partial charge in [0.05, 0.1) is 10.9 Å². The Balaban J connectivity index is 2.03. The third-order valence-electron chi connectivity index (χ3n) is 4.03. The van der Waals surface area contributed by atoms with Gasteiger partial charge in [0.25, 0.3) is 0 Å². The molecule has 8 heteroatoms. The van der Waals surface area contributed by atoms with Gasteiger partial charge in [-0.25, -0.2) is 8.42 Å². The SMILES string of the molecule is CC(NS(=O)(=O)c1ccc(Cl)cc1)C(=O)N(C)C1CCNCC1. The van der Waals surface area contributed by atoms with Crippen molar-refractivity contribution < 1.29 is 13.2 Å². The Kier molecular flexibility index (Phi) is 6.02. The minimum atomic E-state index is -3.75. The first-order valence-electron chi connectivity index (χ1n) is 7.56. The van der Waals surface area contributed by atoms with Gasteiger partial charge in [0.1, 0.15) is 0 Å². The molecule has 0 radical (unpaired) electrons. The van der Waals surface area contributed by atoms with E-state index in [4.69, 9.17) is 11.6 Å². The number of carbonyl (C=O) groups excluding carboxylic acids is 1. The molecule has 1 saturated heterocycles. The summed E-state index contributed by atoms with van der Waals surface area (Å²) >= 11 is 5.76. The first kappa shape index (κ1) is 18.2. The van der Waals surface area contributed by atoms with E-state index in [1.54, 1.807) is 18.9 Å². The Morgan fingerprint density at radius 1 is 1.30 bits per heavy atom. The van der Waals surface area contributed by atoms with Crippen LogP contribution in [0.25, 0.3) is 0 Å². The highest BCUT2D eigenvalue weighted by Gasteiger charge is 2.28. The van der Waals surface area contributed by atoms with Gasteiger partial charge >= 0.3 is 0 Å². The molecule has 1 amide bonds. The van der Waals surface area contributed by atoms with Crippen LogP contribution in [0, 0.1) is 0 Å². The predicted octanol–water partition coefficient (Wildman–Crippen LogP) is 1.22. The predicted molar refractivity (Wildman–Crippen MR) is 89.9 cm³/mol. The average Bonchev–Trinajstić information content (AvgIpc) is 2.54. The zero-order valence-electron chi connectivity index (χ0n) is 13.3. The van der Waals surface area contributed by atoms with Crippen molar-refractivity contribution in [2.75, 3.05) is 20.1 Å². The number of hydrogen-bond donors (Lipinski definition) is 2. The Hall–Kier alpha value is -1.15. The molecular formula is C15H22ClN3O3S. The number of piperidine rings is 1. The molecule has 2 rings (SSSR count). The molecule has 1 aromatic carbocycles. The van der Waals surface area contributed by atoms with E-state index in [1.165, 1.54) is 24.3 Å². The number of likely N-dealkylation sites (N-methyl/N-ethyl adjacent to an activating group) is 1. The van der Waals surface area contributed by atoms with Gasteiger partial charge in [0.2, 0.25) is 15.9 Å². The molecule has 0 saturated carbocycles. The zero-order chi connectivity index (χ0) is 17.0. The van der Waals surface area contributed by atoms with E-state index >= 15 is 0 Å². The summed E-state index contributed by atoms with van der Waals surface area (Å²) in [5, 5.41) is 3.70. The Morgan fingerprint density at radius 3 is 2.43 bits per heavy atom. The first-order valence-corrected chi connectivity index (χ1v) is 9.42. The molecule has 1 aromatic rings. The van der Waals surface area contributed by atoms with Crippen molar-refractivity contribution in [3.63, 3.8) is 0 Å². The van der Waals surface area contributed by atoms with Gasteiger partial charge in [-0.3, -0.25) is 4.79 Å².